The zero-order chi connectivity index (χ0) is 21.3. The Morgan fingerprint density at radius 2 is 1.70 bits per heavy atom. The van der Waals surface area contributed by atoms with Gasteiger partial charge >= 0.3 is 0 Å². The Hall–Kier alpha value is -1.66. The highest BCUT2D eigenvalue weighted by Crippen LogP contribution is 2.29. The van der Waals surface area contributed by atoms with Crippen LogP contribution in [0.5, 0.6) is 5.75 Å². The third-order valence-corrected chi connectivity index (χ3v) is 6.08. The summed E-state index contributed by atoms with van der Waals surface area (Å²) in [7, 11) is 0. The third-order valence-electron chi connectivity index (χ3n) is 3.95. The minimum absolute atomic E-state index is 0.152. The normalized spacial score (nSPS) is 10.8. The number of anilines is 1. The van der Waals surface area contributed by atoms with E-state index in [2.05, 4.69) is 77.0 Å². The van der Waals surface area contributed by atoms with Crippen LogP contribution in [0, 0.1) is 7.14 Å². The van der Waals surface area contributed by atoms with Crippen molar-refractivity contribution < 1.29 is 9.53 Å². The largest absolute Gasteiger partial charge is 0.487 e. The maximum absolute atomic E-state index is 11.9. The maximum atomic E-state index is 11.9. The van der Waals surface area contributed by atoms with E-state index in [1.807, 2.05) is 66.7 Å². The molecule has 0 radical (unpaired) electrons. The highest BCUT2D eigenvalue weighted by atomic mass is 127. The zero-order valence-electron chi connectivity index (χ0n) is 15.7. The zero-order valence-corrected chi connectivity index (χ0v) is 21.6. The highest BCUT2D eigenvalue weighted by molar-refractivity contribution is 14.1. The van der Waals surface area contributed by atoms with Crippen LogP contribution in [0.3, 0.4) is 0 Å². The second-order valence-electron chi connectivity index (χ2n) is 6.24. The van der Waals surface area contributed by atoms with E-state index in [0.29, 0.717) is 6.61 Å². The second kappa shape index (κ2) is 11.7. The van der Waals surface area contributed by atoms with Gasteiger partial charge in [0.15, 0.2) is 0 Å². The van der Waals surface area contributed by atoms with Gasteiger partial charge in [0.05, 0.1) is 19.9 Å². The van der Waals surface area contributed by atoms with Crippen molar-refractivity contribution in [2.24, 2.45) is 5.10 Å². The summed E-state index contributed by atoms with van der Waals surface area (Å²) in [5.74, 6) is 0.626. The molecule has 0 heterocycles. The molecule has 5 nitrogen and oxygen atoms in total. The van der Waals surface area contributed by atoms with Crippen LogP contribution in [0.15, 0.2) is 76.3 Å². The van der Waals surface area contributed by atoms with E-state index in [1.54, 1.807) is 6.21 Å². The van der Waals surface area contributed by atoms with E-state index < -0.39 is 0 Å². The summed E-state index contributed by atoms with van der Waals surface area (Å²) in [4.78, 5) is 11.9. The Kier molecular flexibility index (Phi) is 8.94. The summed E-state index contributed by atoms with van der Waals surface area (Å²) in [6.45, 7) is 0.649. The summed E-state index contributed by atoms with van der Waals surface area (Å²) in [5.41, 5.74) is 5.41. The van der Waals surface area contributed by atoms with Gasteiger partial charge in [0, 0.05) is 10.2 Å². The van der Waals surface area contributed by atoms with Crippen molar-refractivity contribution >= 4 is 78.9 Å². The number of carbonyl (C=O) groups excluding carboxylic acids is 1. The first-order chi connectivity index (χ1) is 14.5. The molecule has 8 heteroatoms. The van der Waals surface area contributed by atoms with Crippen LogP contribution in [0.4, 0.5) is 5.69 Å². The van der Waals surface area contributed by atoms with E-state index >= 15 is 0 Å². The lowest BCUT2D eigenvalue weighted by molar-refractivity contribution is -0.119. The molecule has 0 aliphatic heterocycles. The quantitative estimate of drug-likeness (QED) is 0.179. The predicted molar refractivity (Wildman–Crippen MR) is 141 cm³/mol. The first-order valence-corrected chi connectivity index (χ1v) is 11.9. The van der Waals surface area contributed by atoms with Gasteiger partial charge in [0.2, 0.25) is 0 Å². The lowest BCUT2D eigenvalue weighted by atomic mass is 10.2. The predicted octanol–water partition coefficient (Wildman–Crippen LogP) is 5.80. The molecular weight excluding hydrogens is 672 g/mol. The number of nitrogens with zero attached hydrogens (tertiary/aromatic N) is 1. The van der Waals surface area contributed by atoms with Crippen molar-refractivity contribution in [1.29, 1.82) is 0 Å². The molecule has 30 heavy (non-hydrogen) atoms. The van der Waals surface area contributed by atoms with E-state index in [-0.39, 0.29) is 12.5 Å². The van der Waals surface area contributed by atoms with Crippen molar-refractivity contribution in [2.75, 3.05) is 11.9 Å². The number of nitrogens with one attached hydrogen (secondary N) is 2. The SMILES string of the molecule is O=C(CNc1ccccc1)N/N=C\c1cc(I)c(OCc2ccc(Br)cc2)c(I)c1. The van der Waals surface area contributed by atoms with Crippen LogP contribution in [0.2, 0.25) is 0 Å². The van der Waals surface area contributed by atoms with Gasteiger partial charge in [-0.1, -0.05) is 46.3 Å². The highest BCUT2D eigenvalue weighted by Gasteiger charge is 2.09. The Morgan fingerprint density at radius 3 is 2.37 bits per heavy atom. The number of hydrogen-bond donors (Lipinski definition) is 2. The Bertz CT molecular complexity index is 1010. The van der Waals surface area contributed by atoms with Crippen molar-refractivity contribution in [3.8, 4) is 5.75 Å². The van der Waals surface area contributed by atoms with Gasteiger partial charge < -0.3 is 10.1 Å². The Morgan fingerprint density at radius 1 is 1.03 bits per heavy atom. The van der Waals surface area contributed by atoms with Crippen LogP contribution >= 0.6 is 61.1 Å². The first kappa shape index (κ1) is 23.0. The van der Waals surface area contributed by atoms with E-state index in [4.69, 9.17) is 4.74 Å². The van der Waals surface area contributed by atoms with Gasteiger partial charge in [0.25, 0.3) is 5.91 Å². The average molecular weight is 690 g/mol. The van der Waals surface area contributed by atoms with Crippen molar-refractivity contribution in [2.45, 2.75) is 6.61 Å². The molecule has 0 unspecified atom stereocenters. The maximum Gasteiger partial charge on any atom is 0.259 e. The number of amides is 1. The number of ether oxygens (including phenoxy) is 1. The molecule has 154 valence electrons. The Labute approximate surface area is 211 Å². The second-order valence-corrected chi connectivity index (χ2v) is 9.48. The molecule has 3 aromatic carbocycles. The lowest BCUT2D eigenvalue weighted by Crippen LogP contribution is -2.25. The minimum atomic E-state index is -0.214. The van der Waals surface area contributed by atoms with Gasteiger partial charge in [0.1, 0.15) is 12.4 Å². The molecule has 0 fully saturated rings. The molecule has 3 rings (SSSR count). The van der Waals surface area contributed by atoms with Crippen LogP contribution < -0.4 is 15.5 Å². The number of rotatable bonds is 8. The van der Waals surface area contributed by atoms with Crippen LogP contribution in [0.25, 0.3) is 0 Å². The number of hydrogen-bond acceptors (Lipinski definition) is 4. The van der Waals surface area contributed by atoms with Gasteiger partial charge in [-0.15, -0.1) is 0 Å². The molecule has 0 aliphatic rings. The minimum Gasteiger partial charge on any atom is -0.487 e. The van der Waals surface area contributed by atoms with Crippen LogP contribution in [-0.2, 0) is 11.4 Å². The van der Waals surface area contributed by atoms with E-state index in [1.165, 1.54) is 0 Å². The molecule has 0 saturated heterocycles. The number of para-hydroxylation sites is 1. The molecule has 3 aromatic rings. The molecule has 1 amide bonds. The van der Waals surface area contributed by atoms with Gasteiger partial charge in [-0.2, -0.15) is 5.10 Å². The summed E-state index contributed by atoms with van der Waals surface area (Å²) >= 11 is 7.93. The molecule has 0 bridgehead atoms. The van der Waals surface area contributed by atoms with Crippen molar-refractivity contribution in [3.05, 3.63) is 89.5 Å². The smallest absolute Gasteiger partial charge is 0.259 e. The summed E-state index contributed by atoms with van der Waals surface area (Å²) in [6.07, 6.45) is 1.63. The molecule has 0 aromatic heterocycles. The molecule has 0 atom stereocenters. The van der Waals surface area contributed by atoms with Gasteiger partial charge in [-0.25, -0.2) is 5.43 Å². The molecule has 0 aliphatic carbocycles. The number of hydrazone groups is 1. The molecule has 0 saturated carbocycles. The van der Waals surface area contributed by atoms with Crippen molar-refractivity contribution in [3.63, 3.8) is 0 Å². The fourth-order valence-electron chi connectivity index (χ4n) is 2.48. The number of benzene rings is 3. The fraction of sp³-hybridized carbons (Fsp3) is 0.0909. The molecular formula is C22H18BrI2N3O2. The summed E-state index contributed by atoms with van der Waals surface area (Å²) in [5, 5.41) is 7.09. The Balaban J connectivity index is 1.53. The molecule has 2 N–H and O–H groups in total. The average Bonchev–Trinajstić information content (AvgIpc) is 2.74. The monoisotopic (exact) mass is 689 g/mol. The van der Waals surface area contributed by atoms with Crippen LogP contribution in [-0.4, -0.2) is 18.7 Å². The number of halogens is 3. The topological polar surface area (TPSA) is 62.7 Å². The molecule has 0 spiro atoms. The summed E-state index contributed by atoms with van der Waals surface area (Å²) in [6, 6.07) is 21.5. The third kappa shape index (κ3) is 7.24. The lowest BCUT2D eigenvalue weighted by Gasteiger charge is -2.11. The first-order valence-electron chi connectivity index (χ1n) is 8.98. The van der Waals surface area contributed by atoms with E-state index in [0.717, 1.165) is 34.2 Å². The van der Waals surface area contributed by atoms with Crippen molar-refractivity contribution in [1.82, 2.24) is 5.43 Å². The fourth-order valence-corrected chi connectivity index (χ4v) is 4.88. The number of carbonyl (C=O) groups is 1. The van der Waals surface area contributed by atoms with Gasteiger partial charge in [-0.3, -0.25) is 4.79 Å². The standard InChI is InChI=1S/C22H18BrI2N3O2/c23-17-8-6-15(7-9-17)14-30-22-19(24)10-16(11-20(22)25)12-27-28-21(29)13-26-18-4-2-1-3-5-18/h1-12,26H,13-14H2,(H,28,29)/b27-12-. The van der Waals surface area contributed by atoms with Gasteiger partial charge in [-0.05, 0) is 92.7 Å². The van der Waals surface area contributed by atoms with E-state index in [9.17, 15) is 4.79 Å². The summed E-state index contributed by atoms with van der Waals surface area (Å²) < 4.78 is 9.02. The van der Waals surface area contributed by atoms with Crippen LogP contribution in [0.1, 0.15) is 11.1 Å².